The van der Waals surface area contributed by atoms with Crippen molar-refractivity contribution in [3.8, 4) is 0 Å². The van der Waals surface area contributed by atoms with Gasteiger partial charge in [-0.2, -0.15) is 0 Å². The van der Waals surface area contributed by atoms with E-state index in [-0.39, 0.29) is 0 Å². The zero-order valence-corrected chi connectivity index (χ0v) is 15.6. The molecular weight excluding hydrogens is 464 g/mol. The highest BCUT2D eigenvalue weighted by molar-refractivity contribution is 9.12. The molecule has 0 aromatic carbocycles. The van der Waals surface area contributed by atoms with Crippen LogP contribution < -0.4 is 0 Å². The van der Waals surface area contributed by atoms with Crippen LogP contribution in [-0.2, 0) is 0 Å². The summed E-state index contributed by atoms with van der Waals surface area (Å²) in [6.07, 6.45) is 11.9. The lowest BCUT2D eigenvalue weighted by atomic mass is 10.0. The molecule has 1 aliphatic rings. The molecule has 1 aliphatic carbocycles. The first-order chi connectivity index (χ1) is 7.61. The molecule has 4 atom stereocenters. The predicted molar refractivity (Wildman–Crippen MR) is 87.7 cm³/mol. The molecular formula is C12H18Br4. The first kappa shape index (κ1) is 15.7. The molecule has 94 valence electrons. The zero-order valence-electron chi connectivity index (χ0n) is 9.22. The predicted octanol–water partition coefficient (Wildman–Crippen LogP) is 5.95. The number of allylic oxidation sites excluding steroid dienone is 2. The molecule has 0 saturated carbocycles. The summed E-state index contributed by atoms with van der Waals surface area (Å²) in [5.74, 6) is 0. The van der Waals surface area contributed by atoms with Gasteiger partial charge in [0.05, 0.1) is 0 Å². The monoisotopic (exact) mass is 478 g/mol. The summed E-state index contributed by atoms with van der Waals surface area (Å²) in [5.41, 5.74) is 0. The maximum atomic E-state index is 3.78. The van der Waals surface area contributed by atoms with Crippen LogP contribution in [0.4, 0.5) is 0 Å². The van der Waals surface area contributed by atoms with Gasteiger partial charge in [-0.05, 0) is 38.5 Å². The summed E-state index contributed by atoms with van der Waals surface area (Å²) < 4.78 is 0. The number of hydrogen-bond acceptors (Lipinski definition) is 0. The van der Waals surface area contributed by atoms with Gasteiger partial charge in [0, 0.05) is 19.3 Å². The Bertz CT molecular complexity index is 195. The Morgan fingerprint density at radius 2 is 0.875 bits per heavy atom. The molecule has 0 unspecified atom stereocenters. The highest BCUT2D eigenvalue weighted by Crippen LogP contribution is 2.29. The Kier molecular flexibility index (Phi) is 8.55. The van der Waals surface area contributed by atoms with Crippen molar-refractivity contribution in [2.75, 3.05) is 0 Å². The van der Waals surface area contributed by atoms with Gasteiger partial charge in [-0.1, -0.05) is 75.9 Å². The minimum absolute atomic E-state index is 0.583. The molecule has 0 heterocycles. The second kappa shape index (κ2) is 8.71. The summed E-state index contributed by atoms with van der Waals surface area (Å²) in [4.78, 5) is 2.34. The quantitative estimate of drug-likeness (QED) is 0.296. The van der Waals surface area contributed by atoms with Gasteiger partial charge in [0.15, 0.2) is 0 Å². The number of hydrogen-bond donors (Lipinski definition) is 0. The highest BCUT2D eigenvalue weighted by atomic mass is 79.9. The van der Waals surface area contributed by atoms with Crippen LogP contribution >= 0.6 is 63.7 Å². The van der Waals surface area contributed by atoms with E-state index in [0.29, 0.717) is 19.3 Å². The van der Waals surface area contributed by atoms with Crippen molar-refractivity contribution in [3.05, 3.63) is 12.2 Å². The van der Waals surface area contributed by atoms with Crippen molar-refractivity contribution >= 4 is 63.7 Å². The molecule has 0 amide bonds. The SMILES string of the molecule is Br[C@@H]1CC[C@H](Br)[C@@H](Br)CC/C=C/CC[C@@H]1Br. The maximum absolute atomic E-state index is 3.78. The van der Waals surface area contributed by atoms with E-state index < -0.39 is 0 Å². The second-order valence-electron chi connectivity index (χ2n) is 4.27. The van der Waals surface area contributed by atoms with E-state index in [2.05, 4.69) is 75.9 Å². The van der Waals surface area contributed by atoms with Crippen LogP contribution in [0.15, 0.2) is 12.2 Å². The zero-order chi connectivity index (χ0) is 12.0. The first-order valence-electron chi connectivity index (χ1n) is 5.82. The number of halogens is 4. The fraction of sp³-hybridized carbons (Fsp3) is 0.833. The van der Waals surface area contributed by atoms with E-state index >= 15 is 0 Å². The molecule has 0 bridgehead atoms. The third kappa shape index (κ3) is 6.01. The molecule has 0 N–H and O–H groups in total. The van der Waals surface area contributed by atoms with Crippen molar-refractivity contribution in [1.82, 2.24) is 0 Å². The molecule has 0 fully saturated rings. The molecule has 0 aliphatic heterocycles. The molecule has 16 heavy (non-hydrogen) atoms. The number of alkyl halides is 4. The fourth-order valence-corrected chi connectivity index (χ4v) is 3.90. The lowest BCUT2D eigenvalue weighted by Gasteiger charge is -2.21. The summed E-state index contributed by atoms with van der Waals surface area (Å²) in [5, 5.41) is 0. The van der Waals surface area contributed by atoms with Crippen LogP contribution in [0.5, 0.6) is 0 Å². The fourth-order valence-electron chi connectivity index (χ4n) is 1.79. The minimum atomic E-state index is 0.583. The molecule has 0 saturated heterocycles. The van der Waals surface area contributed by atoms with Gasteiger partial charge < -0.3 is 0 Å². The van der Waals surface area contributed by atoms with Crippen molar-refractivity contribution in [1.29, 1.82) is 0 Å². The smallest absolute Gasteiger partial charge is 0.0274 e. The summed E-state index contributed by atoms with van der Waals surface area (Å²) >= 11 is 15.1. The molecule has 4 heteroatoms. The van der Waals surface area contributed by atoms with E-state index in [1.807, 2.05) is 0 Å². The van der Waals surface area contributed by atoms with Crippen LogP contribution in [0.3, 0.4) is 0 Å². The van der Waals surface area contributed by atoms with Gasteiger partial charge in [0.2, 0.25) is 0 Å². The van der Waals surface area contributed by atoms with E-state index in [4.69, 9.17) is 0 Å². The van der Waals surface area contributed by atoms with Gasteiger partial charge in [0.25, 0.3) is 0 Å². The summed E-state index contributed by atoms with van der Waals surface area (Å²) in [7, 11) is 0. The number of rotatable bonds is 0. The lowest BCUT2D eigenvalue weighted by molar-refractivity contribution is 0.617. The summed E-state index contributed by atoms with van der Waals surface area (Å²) in [6.45, 7) is 0. The molecule has 0 aromatic rings. The molecule has 1 rings (SSSR count). The van der Waals surface area contributed by atoms with Crippen LogP contribution in [0.1, 0.15) is 38.5 Å². The van der Waals surface area contributed by atoms with Crippen LogP contribution in [0.25, 0.3) is 0 Å². The van der Waals surface area contributed by atoms with Gasteiger partial charge in [-0.25, -0.2) is 0 Å². The lowest BCUT2D eigenvalue weighted by Crippen LogP contribution is -2.19. The van der Waals surface area contributed by atoms with E-state index in [1.165, 1.54) is 38.5 Å². The van der Waals surface area contributed by atoms with Crippen molar-refractivity contribution in [2.45, 2.75) is 57.8 Å². The van der Waals surface area contributed by atoms with Gasteiger partial charge in [-0.15, -0.1) is 0 Å². The van der Waals surface area contributed by atoms with Gasteiger partial charge in [0.1, 0.15) is 0 Å². The normalized spacial score (nSPS) is 40.8. The van der Waals surface area contributed by atoms with Gasteiger partial charge in [-0.3, -0.25) is 0 Å². The third-order valence-corrected chi connectivity index (χ3v) is 8.69. The van der Waals surface area contributed by atoms with Gasteiger partial charge >= 0.3 is 0 Å². The Balaban J connectivity index is 2.52. The second-order valence-corrected chi connectivity index (χ2v) is 8.97. The van der Waals surface area contributed by atoms with Crippen molar-refractivity contribution in [3.63, 3.8) is 0 Å². The molecule has 0 nitrogen and oxygen atoms in total. The Hall–Kier alpha value is 1.66. The average molecular weight is 482 g/mol. The van der Waals surface area contributed by atoms with Crippen molar-refractivity contribution in [2.24, 2.45) is 0 Å². The Morgan fingerprint density at radius 3 is 1.25 bits per heavy atom. The largest absolute Gasteiger partial charge is 0.0885 e. The first-order valence-corrected chi connectivity index (χ1v) is 9.49. The molecule has 0 radical (unpaired) electrons. The standard InChI is InChI=1S/C12H18Br4/c13-9-5-3-1-2-4-6-10(14)12(16)8-7-11(9)15/h1-2,9-12H,3-8H2/b2-1+/t9-,10-,11-,12+/m0/s1. The molecule has 0 aromatic heterocycles. The minimum Gasteiger partial charge on any atom is -0.0885 e. The summed E-state index contributed by atoms with van der Waals surface area (Å²) in [6, 6.07) is 0. The Morgan fingerprint density at radius 1 is 0.562 bits per heavy atom. The molecule has 0 spiro atoms. The third-order valence-electron chi connectivity index (χ3n) is 2.89. The topological polar surface area (TPSA) is 0 Å². The Labute approximate surface area is 133 Å². The van der Waals surface area contributed by atoms with E-state index in [0.717, 1.165) is 0 Å². The van der Waals surface area contributed by atoms with Crippen molar-refractivity contribution < 1.29 is 0 Å². The maximum Gasteiger partial charge on any atom is 0.0274 e. The van der Waals surface area contributed by atoms with Crippen LogP contribution in [0.2, 0.25) is 0 Å². The highest BCUT2D eigenvalue weighted by Gasteiger charge is 2.20. The van der Waals surface area contributed by atoms with E-state index in [9.17, 15) is 0 Å². The average Bonchev–Trinajstić information content (AvgIpc) is 2.27. The van der Waals surface area contributed by atoms with Crippen LogP contribution in [-0.4, -0.2) is 19.3 Å². The van der Waals surface area contributed by atoms with Crippen LogP contribution in [0, 0.1) is 0 Å². The van der Waals surface area contributed by atoms with E-state index in [1.54, 1.807) is 0 Å².